The lowest BCUT2D eigenvalue weighted by Gasteiger charge is -2.37. The fourth-order valence-corrected chi connectivity index (χ4v) is 13.8. The van der Waals surface area contributed by atoms with Crippen molar-refractivity contribution in [2.75, 3.05) is 52.3 Å². The smallest absolute Gasteiger partial charge is 0.320 e. The van der Waals surface area contributed by atoms with Crippen molar-refractivity contribution in [1.29, 1.82) is 0 Å². The fourth-order valence-electron chi connectivity index (χ4n) is 12.7. The van der Waals surface area contributed by atoms with Crippen LogP contribution in [0, 0.1) is 0 Å². The maximum atomic E-state index is 18.4. The van der Waals surface area contributed by atoms with E-state index in [1.807, 2.05) is 109 Å². The van der Waals surface area contributed by atoms with Crippen LogP contribution in [0.4, 0.5) is 20.4 Å². The number of halogens is 2. The summed E-state index contributed by atoms with van der Waals surface area (Å²) in [5.74, 6) is 1.09. The van der Waals surface area contributed by atoms with Crippen molar-refractivity contribution in [3.8, 4) is 23.0 Å². The second kappa shape index (κ2) is 29.9. The van der Waals surface area contributed by atoms with Crippen LogP contribution in [0.15, 0.2) is 231 Å². The van der Waals surface area contributed by atoms with Crippen LogP contribution in [0.1, 0.15) is 66.6 Å². The molecule has 2 amide bonds. The summed E-state index contributed by atoms with van der Waals surface area (Å²) in [6, 6.07) is 64.3. The third-order valence-corrected chi connectivity index (χ3v) is 18.7. The van der Waals surface area contributed by atoms with E-state index in [1.54, 1.807) is 138 Å². The third-order valence-electron chi connectivity index (χ3n) is 17.8. The van der Waals surface area contributed by atoms with Gasteiger partial charge in [0.1, 0.15) is 71.3 Å². The lowest BCUT2D eigenvalue weighted by atomic mass is 9.80. The maximum absolute atomic E-state index is 18.4. The van der Waals surface area contributed by atoms with Gasteiger partial charge in [-0.05, 0) is 106 Å². The zero-order chi connectivity index (χ0) is 70.3. The molecule has 25 nitrogen and oxygen atoms in total. The van der Waals surface area contributed by atoms with E-state index in [1.165, 1.54) is 0 Å². The number of carbonyl (C=O) groups is 2. The Morgan fingerprint density at radius 1 is 0.441 bits per heavy atom. The molecule has 8 aromatic carbocycles. The average Bonchev–Trinajstić information content (AvgIpc) is 0.864. The van der Waals surface area contributed by atoms with Gasteiger partial charge in [0.05, 0.1) is 41.7 Å². The van der Waals surface area contributed by atoms with Crippen LogP contribution in [-0.4, -0.2) is 140 Å². The summed E-state index contributed by atoms with van der Waals surface area (Å²) < 4.78 is 117. The molecule has 0 radical (unpaired) electrons. The largest absolute Gasteiger partial charge is 0.497 e. The van der Waals surface area contributed by atoms with E-state index >= 15 is 13.3 Å². The Morgan fingerprint density at radius 3 is 1.06 bits per heavy atom. The van der Waals surface area contributed by atoms with Gasteiger partial charge >= 0.3 is 8.25 Å². The first-order valence-corrected chi connectivity index (χ1v) is 33.4. The SMILES string of the molecule is COc1ccc(C(OC[C@H]2O[C@@H](n3nnc4c(NC(=O)c5ccccc5)ncnc43)[C@@H](F)[C@@H]2O[PH](=O)O[C@H]2[C@H](F)[C@H](n3nnc4c(NC(=O)c5ccccc5)ncnc43)O[C@@H]2COC(c2ccccc2)(c2ccc(OC)cc2)c2ccc(OC)cc2)(c2ccccc2)c2ccc(OC)cc2)cc1. The van der Waals surface area contributed by atoms with Crippen LogP contribution in [0.25, 0.3) is 22.3 Å². The summed E-state index contributed by atoms with van der Waals surface area (Å²) in [7, 11) is 2.01. The molecule has 2 aliphatic heterocycles. The van der Waals surface area contributed by atoms with Gasteiger partial charge in [-0.25, -0.2) is 28.7 Å². The molecule has 2 saturated heterocycles. The number of rotatable bonds is 26. The number of alkyl halides is 2. The molecule has 102 heavy (non-hydrogen) atoms. The molecule has 2 aliphatic rings. The number of nitrogens with zero attached hydrogens (tertiary/aromatic N) is 10. The molecule has 14 rings (SSSR count). The molecule has 0 bridgehead atoms. The third kappa shape index (κ3) is 13.3. The number of benzene rings is 8. The van der Waals surface area contributed by atoms with Gasteiger partial charge in [-0.3, -0.25) is 14.2 Å². The van der Waals surface area contributed by atoms with Crippen molar-refractivity contribution in [2.45, 2.75) is 60.4 Å². The maximum Gasteiger partial charge on any atom is 0.320 e. The predicted molar refractivity (Wildman–Crippen MR) is 368 cm³/mol. The second-order valence-electron chi connectivity index (χ2n) is 23.6. The van der Waals surface area contributed by atoms with E-state index in [2.05, 4.69) is 51.2 Å². The van der Waals surface area contributed by atoms with Crippen molar-refractivity contribution < 1.29 is 69.9 Å². The van der Waals surface area contributed by atoms with E-state index in [0.29, 0.717) is 67.5 Å². The van der Waals surface area contributed by atoms with Gasteiger partial charge in [-0.2, -0.15) is 9.36 Å². The topological polar surface area (TPSA) is 281 Å². The highest BCUT2D eigenvalue weighted by Crippen LogP contribution is 2.49. The Bertz CT molecular complexity index is 4490. The first-order valence-electron chi connectivity index (χ1n) is 32.2. The number of anilines is 2. The summed E-state index contributed by atoms with van der Waals surface area (Å²) in [6.45, 7) is -1.01. The van der Waals surface area contributed by atoms with E-state index in [0.717, 1.165) is 22.0 Å². The molecule has 4 aromatic heterocycles. The van der Waals surface area contributed by atoms with Crippen LogP contribution in [-0.2, 0) is 43.8 Å². The molecule has 28 heteroatoms. The number of nitrogens with one attached hydrogen (secondary N) is 2. The number of hydrogen-bond acceptors (Lipinski definition) is 21. The van der Waals surface area contributed by atoms with Gasteiger partial charge in [0.25, 0.3) is 11.8 Å². The fraction of sp³-hybridized carbons (Fsp3) is 0.216. The molecule has 0 saturated carbocycles. The molecular weight excluding hydrogens is 1330 g/mol. The highest BCUT2D eigenvalue weighted by Gasteiger charge is 2.54. The lowest BCUT2D eigenvalue weighted by molar-refractivity contribution is -0.0981. The Hall–Kier alpha value is -11.3. The summed E-state index contributed by atoms with van der Waals surface area (Å²) in [6.07, 6.45) is -12.6. The Labute approximate surface area is 582 Å². The minimum atomic E-state index is -4.18. The number of methoxy groups -OCH3 is 4. The standard InChI is InChI=1S/C74H65F2N12O13P/c1-92-53-33-25-49(26-34-53)73(47-21-13-7-14-22-47,50-27-35-54(93-2)36-28-50)96-41-57-63(59(75)71(98-57)87-67-61(83-85-87)65(77-43-79-67)81-69(89)45-17-9-5-10-18-45)100-102(91)101-64-58(99-72(60(64)76)88-68-62(84-86-88)66(78-44-80-68)82-70(90)46-19-11-6-12-20-46)42-97-74(48-23-15-8-16-24-48,51-29-37-55(94-3)38-30-51)52-31-39-56(95-4)40-32-52/h5-40,43-44,57-60,63-64,71-72,102H,41-42H2,1-4H3,(H,77,79,81,89)(H,78,80,82,90)/t57-,58-,59+,60+,63-,64-,71-,72-/m1/s1. The van der Waals surface area contributed by atoms with Crippen LogP contribution < -0.4 is 29.6 Å². The molecular formula is C74H65F2N12O13P. The van der Waals surface area contributed by atoms with Crippen molar-refractivity contribution >= 4 is 54.0 Å². The van der Waals surface area contributed by atoms with Crippen molar-refractivity contribution in [1.82, 2.24) is 49.9 Å². The first kappa shape index (κ1) is 67.9. The second-order valence-corrected chi connectivity index (χ2v) is 24.5. The van der Waals surface area contributed by atoms with Gasteiger partial charge in [-0.1, -0.05) is 156 Å². The molecule has 6 heterocycles. The number of hydrogen-bond donors (Lipinski definition) is 2. The van der Waals surface area contributed by atoms with Crippen LogP contribution in [0.3, 0.4) is 0 Å². The lowest BCUT2D eigenvalue weighted by Crippen LogP contribution is -2.40. The zero-order valence-corrected chi connectivity index (χ0v) is 56.0. The molecule has 0 aliphatic carbocycles. The molecule has 12 aromatic rings. The first-order chi connectivity index (χ1) is 49.9. The van der Waals surface area contributed by atoms with Gasteiger partial charge in [0.15, 0.2) is 58.8 Å². The van der Waals surface area contributed by atoms with Crippen LogP contribution >= 0.6 is 8.25 Å². The van der Waals surface area contributed by atoms with Crippen molar-refractivity contribution in [2.24, 2.45) is 0 Å². The Kier molecular flexibility index (Phi) is 19.9. The molecule has 8 atom stereocenters. The Balaban J connectivity index is 0.844. The van der Waals surface area contributed by atoms with Gasteiger partial charge in [0, 0.05) is 11.1 Å². The molecule has 0 spiro atoms. The quantitative estimate of drug-likeness (QED) is 0.0376. The van der Waals surface area contributed by atoms with Crippen molar-refractivity contribution in [3.63, 3.8) is 0 Å². The number of ether oxygens (including phenoxy) is 8. The minimum Gasteiger partial charge on any atom is -0.497 e. The van der Waals surface area contributed by atoms with Gasteiger partial charge in [0.2, 0.25) is 0 Å². The van der Waals surface area contributed by atoms with Crippen LogP contribution in [0.2, 0.25) is 0 Å². The summed E-state index contributed by atoms with van der Waals surface area (Å²) >= 11 is 0. The minimum absolute atomic E-state index is 0.0261. The van der Waals surface area contributed by atoms with E-state index in [9.17, 15) is 9.59 Å². The molecule has 518 valence electrons. The van der Waals surface area contributed by atoms with Gasteiger partial charge < -0.3 is 57.6 Å². The number of aromatic nitrogens is 10. The Morgan fingerprint density at radius 2 is 0.745 bits per heavy atom. The normalized spacial score (nSPS) is 19.3. The molecule has 2 N–H and O–H groups in total. The number of amides is 2. The average molecular weight is 1400 g/mol. The zero-order valence-electron chi connectivity index (χ0n) is 55.0. The summed E-state index contributed by atoms with van der Waals surface area (Å²) in [5, 5.41) is 22.7. The van der Waals surface area contributed by atoms with Crippen LogP contribution in [0.5, 0.6) is 23.0 Å². The van der Waals surface area contributed by atoms with E-state index in [4.69, 9.17) is 46.9 Å². The summed E-state index contributed by atoms with van der Waals surface area (Å²) in [5.41, 5.74) is 1.14. The molecule has 0 unspecified atom stereocenters. The van der Waals surface area contributed by atoms with Gasteiger partial charge in [-0.15, -0.1) is 10.2 Å². The van der Waals surface area contributed by atoms with E-state index < -0.39 is 93.7 Å². The predicted octanol–water partition coefficient (Wildman–Crippen LogP) is 11.6. The van der Waals surface area contributed by atoms with E-state index in [-0.39, 0.29) is 34.0 Å². The number of fused-ring (bicyclic) bond motifs is 2. The highest BCUT2D eigenvalue weighted by atomic mass is 31.1. The molecule has 2 fully saturated rings. The number of carbonyl (C=O) groups excluding carboxylic acids is 2. The summed E-state index contributed by atoms with van der Waals surface area (Å²) in [4.78, 5) is 44.4. The van der Waals surface area contributed by atoms with Crippen molar-refractivity contribution in [3.05, 3.63) is 276 Å². The monoisotopic (exact) mass is 1400 g/mol. The highest BCUT2D eigenvalue weighted by molar-refractivity contribution is 7.33.